The van der Waals surface area contributed by atoms with E-state index in [0.29, 0.717) is 5.92 Å². The lowest BCUT2D eigenvalue weighted by atomic mass is 9.75. The lowest BCUT2D eigenvalue weighted by Gasteiger charge is -2.38. The molecule has 2 aliphatic heterocycles. The van der Waals surface area contributed by atoms with E-state index in [1.165, 1.54) is 0 Å². The molecule has 0 aliphatic carbocycles. The van der Waals surface area contributed by atoms with Crippen LogP contribution in [0.1, 0.15) is 52.4 Å². The number of rotatable bonds is 5. The Morgan fingerprint density at radius 2 is 2.20 bits per heavy atom. The standard InChI is InChI=1S/C16H30N2O2/c1-3-7-16(8-4-9-17-12-16)15(19)18-13(2)14-5-10-20-11-6-14/h13-14,17H,3-12H2,1-2H3,(H,18,19). The molecule has 0 aromatic carbocycles. The highest BCUT2D eigenvalue weighted by Crippen LogP contribution is 2.32. The van der Waals surface area contributed by atoms with Crippen molar-refractivity contribution in [3.05, 3.63) is 0 Å². The molecule has 2 saturated heterocycles. The van der Waals surface area contributed by atoms with Gasteiger partial charge in [0.1, 0.15) is 0 Å². The first-order chi connectivity index (χ1) is 9.68. The van der Waals surface area contributed by atoms with Crippen molar-refractivity contribution in [2.75, 3.05) is 26.3 Å². The quantitative estimate of drug-likeness (QED) is 0.812. The predicted molar refractivity (Wildman–Crippen MR) is 80.6 cm³/mol. The van der Waals surface area contributed by atoms with Crippen molar-refractivity contribution >= 4 is 5.91 Å². The largest absolute Gasteiger partial charge is 0.381 e. The molecule has 0 bridgehead atoms. The fourth-order valence-electron chi connectivity index (χ4n) is 3.66. The predicted octanol–water partition coefficient (Wildman–Crippen LogP) is 2.09. The monoisotopic (exact) mass is 282 g/mol. The highest BCUT2D eigenvalue weighted by atomic mass is 16.5. The van der Waals surface area contributed by atoms with Crippen LogP contribution in [0.4, 0.5) is 0 Å². The molecule has 4 heteroatoms. The summed E-state index contributed by atoms with van der Waals surface area (Å²) in [6.07, 6.45) is 6.34. The third kappa shape index (κ3) is 3.73. The first-order valence-corrected chi connectivity index (χ1v) is 8.27. The third-order valence-corrected chi connectivity index (χ3v) is 5.01. The summed E-state index contributed by atoms with van der Waals surface area (Å²) in [6, 6.07) is 0.266. The molecule has 2 rings (SSSR count). The third-order valence-electron chi connectivity index (χ3n) is 5.01. The van der Waals surface area contributed by atoms with Crippen LogP contribution in [-0.2, 0) is 9.53 Å². The second kappa shape index (κ2) is 7.41. The molecule has 0 saturated carbocycles. The zero-order chi connectivity index (χ0) is 14.4. The number of ether oxygens (including phenoxy) is 1. The summed E-state index contributed by atoms with van der Waals surface area (Å²) >= 11 is 0. The molecule has 4 nitrogen and oxygen atoms in total. The minimum atomic E-state index is -0.174. The minimum absolute atomic E-state index is 0.174. The van der Waals surface area contributed by atoms with Gasteiger partial charge in [-0.1, -0.05) is 13.3 Å². The molecule has 0 spiro atoms. The molecule has 2 unspecified atom stereocenters. The van der Waals surface area contributed by atoms with Crippen LogP contribution < -0.4 is 10.6 Å². The Labute approximate surface area is 123 Å². The maximum absolute atomic E-state index is 12.8. The van der Waals surface area contributed by atoms with Gasteiger partial charge in [-0.3, -0.25) is 4.79 Å². The number of hydrogen-bond acceptors (Lipinski definition) is 3. The normalized spacial score (nSPS) is 29.9. The molecule has 1 amide bonds. The van der Waals surface area contributed by atoms with Crippen LogP contribution in [-0.4, -0.2) is 38.3 Å². The second-order valence-corrected chi connectivity index (χ2v) is 6.52. The first-order valence-electron chi connectivity index (χ1n) is 8.27. The van der Waals surface area contributed by atoms with Crippen molar-refractivity contribution in [1.29, 1.82) is 0 Å². The number of carbonyl (C=O) groups is 1. The van der Waals surface area contributed by atoms with Crippen LogP contribution in [0, 0.1) is 11.3 Å². The number of hydrogen-bond donors (Lipinski definition) is 2. The van der Waals surface area contributed by atoms with Gasteiger partial charge < -0.3 is 15.4 Å². The topological polar surface area (TPSA) is 50.4 Å². The Morgan fingerprint density at radius 3 is 2.80 bits per heavy atom. The van der Waals surface area contributed by atoms with E-state index in [9.17, 15) is 4.79 Å². The van der Waals surface area contributed by atoms with Gasteiger partial charge in [0, 0.05) is 25.8 Å². The van der Waals surface area contributed by atoms with E-state index in [4.69, 9.17) is 4.74 Å². The van der Waals surface area contributed by atoms with Gasteiger partial charge in [-0.05, 0) is 51.5 Å². The summed E-state index contributed by atoms with van der Waals surface area (Å²) in [6.45, 7) is 7.90. The van der Waals surface area contributed by atoms with Crippen molar-refractivity contribution < 1.29 is 9.53 Å². The fraction of sp³-hybridized carbons (Fsp3) is 0.938. The number of amides is 1. The molecule has 20 heavy (non-hydrogen) atoms. The van der Waals surface area contributed by atoms with Crippen LogP contribution in [0.5, 0.6) is 0 Å². The number of nitrogens with one attached hydrogen (secondary N) is 2. The second-order valence-electron chi connectivity index (χ2n) is 6.52. The Bertz CT molecular complexity index is 302. The molecular weight excluding hydrogens is 252 g/mol. The van der Waals surface area contributed by atoms with Gasteiger partial charge in [-0.2, -0.15) is 0 Å². The highest BCUT2D eigenvalue weighted by Gasteiger charge is 2.39. The molecule has 0 radical (unpaired) electrons. The van der Waals surface area contributed by atoms with Crippen LogP contribution in [0.25, 0.3) is 0 Å². The first kappa shape index (κ1) is 15.8. The van der Waals surface area contributed by atoms with Crippen LogP contribution in [0.15, 0.2) is 0 Å². The SMILES string of the molecule is CCCC1(C(=O)NC(C)C2CCOCC2)CCCNC1. The Balaban J connectivity index is 1.93. The molecule has 2 atom stereocenters. The average Bonchev–Trinajstić information content (AvgIpc) is 2.49. The summed E-state index contributed by atoms with van der Waals surface area (Å²) in [5.74, 6) is 0.841. The van der Waals surface area contributed by atoms with E-state index in [2.05, 4.69) is 24.5 Å². The van der Waals surface area contributed by atoms with E-state index in [1.54, 1.807) is 0 Å². The summed E-state index contributed by atoms with van der Waals surface area (Å²) in [5, 5.41) is 6.72. The maximum Gasteiger partial charge on any atom is 0.227 e. The van der Waals surface area contributed by atoms with Gasteiger partial charge in [0.25, 0.3) is 0 Å². The summed E-state index contributed by atoms with van der Waals surface area (Å²) in [5.41, 5.74) is -0.174. The van der Waals surface area contributed by atoms with Gasteiger partial charge in [-0.25, -0.2) is 0 Å². The lowest BCUT2D eigenvalue weighted by Crippen LogP contribution is -2.53. The van der Waals surface area contributed by atoms with Crippen LogP contribution >= 0.6 is 0 Å². The van der Waals surface area contributed by atoms with Crippen molar-refractivity contribution in [3.63, 3.8) is 0 Å². The van der Waals surface area contributed by atoms with Crippen molar-refractivity contribution in [3.8, 4) is 0 Å². The molecule has 2 N–H and O–H groups in total. The molecule has 2 aliphatic rings. The molecular formula is C16H30N2O2. The molecule has 0 aromatic rings. The Kier molecular flexibility index (Phi) is 5.85. The van der Waals surface area contributed by atoms with Crippen LogP contribution in [0.3, 0.4) is 0 Å². The van der Waals surface area contributed by atoms with Crippen molar-refractivity contribution in [1.82, 2.24) is 10.6 Å². The van der Waals surface area contributed by atoms with E-state index >= 15 is 0 Å². The zero-order valence-electron chi connectivity index (χ0n) is 13.0. The summed E-state index contributed by atoms with van der Waals surface area (Å²) < 4.78 is 5.41. The van der Waals surface area contributed by atoms with Gasteiger partial charge in [0.15, 0.2) is 0 Å². The Morgan fingerprint density at radius 1 is 1.45 bits per heavy atom. The molecule has 0 aromatic heterocycles. The highest BCUT2D eigenvalue weighted by molar-refractivity contribution is 5.83. The number of carbonyl (C=O) groups excluding carboxylic acids is 1. The van der Waals surface area contributed by atoms with Crippen molar-refractivity contribution in [2.24, 2.45) is 11.3 Å². The van der Waals surface area contributed by atoms with E-state index in [1.807, 2.05) is 0 Å². The van der Waals surface area contributed by atoms with E-state index < -0.39 is 0 Å². The molecule has 2 fully saturated rings. The number of piperidine rings is 1. The van der Waals surface area contributed by atoms with Gasteiger partial charge >= 0.3 is 0 Å². The fourth-order valence-corrected chi connectivity index (χ4v) is 3.66. The van der Waals surface area contributed by atoms with E-state index in [-0.39, 0.29) is 17.4 Å². The maximum atomic E-state index is 12.8. The molecule has 116 valence electrons. The van der Waals surface area contributed by atoms with Gasteiger partial charge in [0.2, 0.25) is 5.91 Å². The minimum Gasteiger partial charge on any atom is -0.381 e. The van der Waals surface area contributed by atoms with Gasteiger partial charge in [0.05, 0.1) is 5.41 Å². The lowest BCUT2D eigenvalue weighted by molar-refractivity contribution is -0.134. The van der Waals surface area contributed by atoms with Crippen molar-refractivity contribution in [2.45, 2.75) is 58.4 Å². The smallest absolute Gasteiger partial charge is 0.227 e. The summed E-state index contributed by atoms with van der Waals surface area (Å²) in [4.78, 5) is 12.8. The summed E-state index contributed by atoms with van der Waals surface area (Å²) in [7, 11) is 0. The molecule has 2 heterocycles. The zero-order valence-corrected chi connectivity index (χ0v) is 13.0. The Hall–Kier alpha value is -0.610. The van der Waals surface area contributed by atoms with Crippen LogP contribution in [0.2, 0.25) is 0 Å². The average molecular weight is 282 g/mol. The van der Waals surface area contributed by atoms with Gasteiger partial charge in [-0.15, -0.1) is 0 Å². The van der Waals surface area contributed by atoms with E-state index in [0.717, 1.165) is 64.8 Å².